The fourth-order valence-corrected chi connectivity index (χ4v) is 2.48. The molecule has 21 heavy (non-hydrogen) atoms. The molecule has 2 aromatic rings. The van der Waals surface area contributed by atoms with Crippen molar-refractivity contribution in [3.05, 3.63) is 59.2 Å². The monoisotopic (exact) mass is 282 g/mol. The highest BCUT2D eigenvalue weighted by Crippen LogP contribution is 2.23. The quantitative estimate of drug-likeness (QED) is 0.870. The Kier molecular flexibility index (Phi) is 4.63. The second kappa shape index (κ2) is 6.44. The first-order chi connectivity index (χ1) is 9.94. The molecular weight excluding hydrogens is 260 g/mol. The van der Waals surface area contributed by atoms with Crippen LogP contribution in [0.4, 0.5) is 11.4 Å². The molecule has 1 atom stereocenters. The van der Waals surface area contributed by atoms with Crippen LogP contribution in [0.25, 0.3) is 0 Å². The summed E-state index contributed by atoms with van der Waals surface area (Å²) in [7, 11) is 0. The summed E-state index contributed by atoms with van der Waals surface area (Å²) in [4.78, 5) is 11.1. The van der Waals surface area contributed by atoms with Crippen LogP contribution >= 0.6 is 0 Å². The molecule has 0 spiro atoms. The number of amides is 1. The molecule has 0 saturated heterocycles. The van der Waals surface area contributed by atoms with Gasteiger partial charge in [-0.2, -0.15) is 0 Å². The van der Waals surface area contributed by atoms with Gasteiger partial charge in [0, 0.05) is 24.3 Å². The van der Waals surface area contributed by atoms with Gasteiger partial charge in [0.1, 0.15) is 0 Å². The van der Waals surface area contributed by atoms with Crippen LogP contribution in [0.2, 0.25) is 0 Å². The van der Waals surface area contributed by atoms with Crippen molar-refractivity contribution in [1.82, 2.24) is 0 Å². The molecule has 0 saturated carbocycles. The van der Waals surface area contributed by atoms with Gasteiger partial charge in [-0.25, -0.2) is 0 Å². The van der Waals surface area contributed by atoms with Crippen molar-refractivity contribution in [2.24, 2.45) is 0 Å². The highest BCUT2D eigenvalue weighted by molar-refractivity contribution is 5.88. The van der Waals surface area contributed by atoms with Crippen molar-refractivity contribution in [3.63, 3.8) is 0 Å². The number of hydrogen-bond donors (Lipinski definition) is 2. The van der Waals surface area contributed by atoms with Crippen molar-refractivity contribution < 1.29 is 4.79 Å². The van der Waals surface area contributed by atoms with E-state index in [4.69, 9.17) is 0 Å². The molecule has 0 bridgehead atoms. The molecule has 2 aromatic carbocycles. The topological polar surface area (TPSA) is 41.1 Å². The lowest BCUT2D eigenvalue weighted by Gasteiger charge is -2.17. The predicted octanol–water partition coefficient (Wildman–Crippen LogP) is 4.43. The van der Waals surface area contributed by atoms with Gasteiger partial charge in [-0.1, -0.05) is 18.2 Å². The van der Waals surface area contributed by atoms with E-state index in [1.807, 2.05) is 18.2 Å². The second-order valence-corrected chi connectivity index (χ2v) is 5.55. The Morgan fingerprint density at radius 3 is 2.29 bits per heavy atom. The minimum absolute atomic E-state index is 0.0536. The third-order valence-electron chi connectivity index (χ3n) is 3.31. The maximum absolute atomic E-state index is 11.1. The van der Waals surface area contributed by atoms with Gasteiger partial charge in [-0.3, -0.25) is 4.79 Å². The highest BCUT2D eigenvalue weighted by atomic mass is 16.1. The molecule has 0 aliphatic carbocycles. The van der Waals surface area contributed by atoms with E-state index >= 15 is 0 Å². The molecule has 3 heteroatoms. The van der Waals surface area contributed by atoms with Crippen LogP contribution in [0.15, 0.2) is 42.5 Å². The summed E-state index contributed by atoms with van der Waals surface area (Å²) in [6.07, 6.45) is 0. The van der Waals surface area contributed by atoms with Crippen LogP contribution in [0, 0.1) is 13.8 Å². The maximum Gasteiger partial charge on any atom is 0.221 e. The minimum Gasteiger partial charge on any atom is -0.379 e. The van der Waals surface area contributed by atoms with E-state index in [1.165, 1.54) is 18.1 Å². The van der Waals surface area contributed by atoms with Crippen LogP contribution in [-0.2, 0) is 4.79 Å². The molecule has 0 radical (unpaired) electrons. The van der Waals surface area contributed by atoms with Gasteiger partial charge in [0.2, 0.25) is 5.91 Å². The van der Waals surface area contributed by atoms with Crippen LogP contribution < -0.4 is 10.6 Å². The van der Waals surface area contributed by atoms with Crippen LogP contribution in [0.5, 0.6) is 0 Å². The van der Waals surface area contributed by atoms with E-state index in [2.05, 4.69) is 55.7 Å². The third kappa shape index (κ3) is 4.35. The van der Waals surface area contributed by atoms with Gasteiger partial charge in [0.25, 0.3) is 0 Å². The van der Waals surface area contributed by atoms with E-state index < -0.39 is 0 Å². The summed E-state index contributed by atoms with van der Waals surface area (Å²) in [6.45, 7) is 7.83. The number of carbonyl (C=O) groups excluding carboxylic acids is 1. The first kappa shape index (κ1) is 15.1. The fraction of sp³-hybridized carbons (Fsp3) is 0.278. The van der Waals surface area contributed by atoms with Crippen molar-refractivity contribution in [2.75, 3.05) is 10.6 Å². The number of hydrogen-bond acceptors (Lipinski definition) is 2. The zero-order valence-corrected chi connectivity index (χ0v) is 13.0. The number of rotatable bonds is 4. The van der Waals surface area contributed by atoms with Crippen molar-refractivity contribution in [3.8, 4) is 0 Å². The summed E-state index contributed by atoms with van der Waals surface area (Å²) in [5.41, 5.74) is 5.58. The largest absolute Gasteiger partial charge is 0.379 e. The van der Waals surface area contributed by atoms with Gasteiger partial charge >= 0.3 is 0 Å². The van der Waals surface area contributed by atoms with Crippen LogP contribution in [0.1, 0.15) is 36.6 Å². The lowest BCUT2D eigenvalue weighted by Crippen LogP contribution is -2.09. The Morgan fingerprint density at radius 1 is 1.00 bits per heavy atom. The lowest BCUT2D eigenvalue weighted by atomic mass is 10.1. The smallest absolute Gasteiger partial charge is 0.221 e. The second-order valence-electron chi connectivity index (χ2n) is 5.55. The normalized spacial score (nSPS) is 11.8. The zero-order chi connectivity index (χ0) is 15.4. The molecule has 2 rings (SSSR count). The summed E-state index contributed by atoms with van der Waals surface area (Å²) >= 11 is 0. The molecule has 0 aliphatic heterocycles. The van der Waals surface area contributed by atoms with E-state index in [1.54, 1.807) is 0 Å². The number of nitrogens with one attached hydrogen (secondary N) is 2. The van der Waals surface area contributed by atoms with Crippen molar-refractivity contribution in [1.29, 1.82) is 0 Å². The molecule has 110 valence electrons. The molecule has 2 N–H and O–H groups in total. The number of carbonyl (C=O) groups is 1. The molecule has 3 nitrogen and oxygen atoms in total. The third-order valence-corrected chi connectivity index (χ3v) is 3.31. The Morgan fingerprint density at radius 2 is 1.67 bits per heavy atom. The van der Waals surface area contributed by atoms with Gasteiger partial charge in [0.05, 0.1) is 0 Å². The van der Waals surface area contributed by atoms with E-state index in [0.717, 1.165) is 16.9 Å². The Bertz CT molecular complexity index is 629. The van der Waals surface area contributed by atoms with Crippen molar-refractivity contribution in [2.45, 2.75) is 33.7 Å². The van der Waals surface area contributed by atoms with E-state index in [-0.39, 0.29) is 11.9 Å². The first-order valence-electron chi connectivity index (χ1n) is 7.16. The molecule has 0 heterocycles. The number of anilines is 2. The lowest BCUT2D eigenvalue weighted by molar-refractivity contribution is -0.114. The SMILES string of the molecule is CC(=O)Nc1cccc(C(C)Nc2cc(C)cc(C)c2)c1. The molecule has 1 amide bonds. The fourth-order valence-electron chi connectivity index (χ4n) is 2.48. The van der Waals surface area contributed by atoms with Gasteiger partial charge in [-0.15, -0.1) is 0 Å². The maximum atomic E-state index is 11.1. The van der Waals surface area contributed by atoms with Gasteiger partial charge in [0.15, 0.2) is 0 Å². The molecule has 0 aromatic heterocycles. The van der Waals surface area contributed by atoms with E-state index in [0.29, 0.717) is 0 Å². The Balaban J connectivity index is 2.16. The summed E-state index contributed by atoms with van der Waals surface area (Å²) in [5, 5.41) is 6.32. The van der Waals surface area contributed by atoms with Crippen LogP contribution in [-0.4, -0.2) is 5.91 Å². The highest BCUT2D eigenvalue weighted by Gasteiger charge is 2.07. The molecule has 0 aliphatic rings. The van der Waals surface area contributed by atoms with Gasteiger partial charge in [-0.05, 0) is 61.7 Å². The summed E-state index contributed by atoms with van der Waals surface area (Å²) in [5.74, 6) is -0.0536. The molecule has 1 unspecified atom stereocenters. The zero-order valence-electron chi connectivity index (χ0n) is 13.0. The summed E-state index contributed by atoms with van der Waals surface area (Å²) in [6, 6.07) is 14.5. The van der Waals surface area contributed by atoms with Crippen LogP contribution in [0.3, 0.4) is 0 Å². The number of aryl methyl sites for hydroxylation is 2. The average molecular weight is 282 g/mol. The summed E-state index contributed by atoms with van der Waals surface area (Å²) < 4.78 is 0. The molecule has 0 fully saturated rings. The number of benzene rings is 2. The minimum atomic E-state index is -0.0536. The van der Waals surface area contributed by atoms with E-state index in [9.17, 15) is 4.79 Å². The standard InChI is InChI=1S/C18H22N2O/c1-12-8-13(2)10-18(9-12)19-14(3)16-6-5-7-17(11-16)20-15(4)21/h5-11,14,19H,1-4H3,(H,20,21). The van der Waals surface area contributed by atoms with Gasteiger partial charge < -0.3 is 10.6 Å². The Labute approximate surface area is 126 Å². The average Bonchev–Trinajstić information content (AvgIpc) is 2.36. The Hall–Kier alpha value is -2.29. The predicted molar refractivity (Wildman–Crippen MR) is 88.7 cm³/mol. The molecular formula is C18H22N2O. The first-order valence-corrected chi connectivity index (χ1v) is 7.16. The van der Waals surface area contributed by atoms with Crippen molar-refractivity contribution >= 4 is 17.3 Å².